The van der Waals surface area contributed by atoms with Crippen molar-refractivity contribution in [2.24, 2.45) is 0 Å². The highest BCUT2D eigenvalue weighted by Gasteiger charge is 2.32. The third-order valence-corrected chi connectivity index (χ3v) is 6.80. The predicted octanol–water partition coefficient (Wildman–Crippen LogP) is 6.25. The summed E-state index contributed by atoms with van der Waals surface area (Å²) in [5.74, 6) is 0.949. The van der Waals surface area contributed by atoms with E-state index in [2.05, 4.69) is 36.3 Å². The first-order valence-electron chi connectivity index (χ1n) is 12.1. The molecule has 0 spiro atoms. The van der Waals surface area contributed by atoms with Crippen molar-refractivity contribution in [3.8, 4) is 5.75 Å². The monoisotopic (exact) mass is 615 g/mol. The topological polar surface area (TPSA) is 79.4 Å². The predicted molar refractivity (Wildman–Crippen MR) is 148 cm³/mol. The van der Waals surface area contributed by atoms with Crippen molar-refractivity contribution < 1.29 is 22.7 Å². The number of fused-ring (bicyclic) bond motifs is 1. The molecular formula is C26H30BrClF3N5O2. The van der Waals surface area contributed by atoms with Crippen molar-refractivity contribution >= 4 is 56.9 Å². The lowest BCUT2D eigenvalue weighted by atomic mass is 9.91. The van der Waals surface area contributed by atoms with Gasteiger partial charge in [-0.2, -0.15) is 4.98 Å². The van der Waals surface area contributed by atoms with E-state index < -0.39 is 6.36 Å². The van der Waals surface area contributed by atoms with E-state index in [0.717, 1.165) is 42.4 Å². The fourth-order valence-electron chi connectivity index (χ4n) is 4.53. The maximum absolute atomic E-state index is 12.7. The van der Waals surface area contributed by atoms with Crippen LogP contribution in [0, 0.1) is 0 Å². The molecule has 0 atom stereocenters. The molecule has 1 aliphatic carbocycles. The molecule has 2 aromatic carbocycles. The average Bonchev–Trinajstić information content (AvgIpc) is 2.83. The van der Waals surface area contributed by atoms with E-state index in [1.54, 1.807) is 6.07 Å². The number of nitrogens with one attached hydrogen (secondary N) is 2. The fraction of sp³-hybridized carbons (Fsp3) is 0.423. The van der Waals surface area contributed by atoms with Gasteiger partial charge in [-0.25, -0.2) is 4.98 Å². The quantitative estimate of drug-likeness (QED) is 0.312. The second-order valence-electron chi connectivity index (χ2n) is 9.34. The number of rotatable bonds is 8. The van der Waals surface area contributed by atoms with Gasteiger partial charge in [-0.3, -0.25) is 4.79 Å². The van der Waals surface area contributed by atoms with Crippen molar-refractivity contribution in [3.63, 3.8) is 0 Å². The van der Waals surface area contributed by atoms with E-state index in [9.17, 15) is 18.0 Å². The molecule has 3 aromatic rings. The first-order valence-corrected chi connectivity index (χ1v) is 12.9. The van der Waals surface area contributed by atoms with Gasteiger partial charge in [0.25, 0.3) is 0 Å². The van der Waals surface area contributed by atoms with Crippen LogP contribution in [0.2, 0.25) is 0 Å². The van der Waals surface area contributed by atoms with Crippen LogP contribution in [0.5, 0.6) is 5.75 Å². The zero-order chi connectivity index (χ0) is 26.6. The van der Waals surface area contributed by atoms with Crippen LogP contribution in [0.1, 0.15) is 37.7 Å². The minimum Gasteiger partial charge on any atom is -0.405 e. The largest absolute Gasteiger partial charge is 0.573 e. The maximum atomic E-state index is 12.7. The Balaban J connectivity index is 0.00000400. The van der Waals surface area contributed by atoms with Crippen LogP contribution < -0.4 is 20.3 Å². The van der Waals surface area contributed by atoms with Crippen LogP contribution >= 0.6 is 28.3 Å². The summed E-state index contributed by atoms with van der Waals surface area (Å²) in [7, 11) is 3.90. The average molecular weight is 617 g/mol. The summed E-state index contributed by atoms with van der Waals surface area (Å²) in [5, 5.41) is 7.46. The standard InChI is InChI=1S/C26H29BrF3N5O2.ClH/c1-35(2)24-20-5-3-4-6-21(20)33-25(34-24)32-19-12-10-18(11-13-19)31-23(36)14-8-16-7-9-17(27)15-22(16)37-26(28,29)30;/h3-7,9,15,18-19H,8,10-14H2,1-2H3,(H,31,36)(H,32,33,34);1H/t18-,19+;. The van der Waals surface area contributed by atoms with Crippen LogP contribution in [0.15, 0.2) is 46.9 Å². The van der Waals surface area contributed by atoms with E-state index in [-0.39, 0.29) is 49.0 Å². The summed E-state index contributed by atoms with van der Waals surface area (Å²) < 4.78 is 42.8. The number of nitrogens with zero attached hydrogens (tertiary/aromatic N) is 3. The van der Waals surface area contributed by atoms with Crippen LogP contribution in [0.3, 0.4) is 0 Å². The summed E-state index contributed by atoms with van der Waals surface area (Å²) in [6.45, 7) is 0. The number of ether oxygens (including phenoxy) is 1. The second-order valence-corrected chi connectivity index (χ2v) is 10.3. The molecule has 1 fully saturated rings. The van der Waals surface area contributed by atoms with Gasteiger partial charge in [0.1, 0.15) is 11.6 Å². The lowest BCUT2D eigenvalue weighted by Gasteiger charge is -2.30. The molecule has 0 bridgehead atoms. The van der Waals surface area contributed by atoms with Gasteiger partial charge < -0.3 is 20.3 Å². The molecule has 12 heteroatoms. The van der Waals surface area contributed by atoms with Crippen LogP contribution in [0.4, 0.5) is 24.9 Å². The Hall–Kier alpha value is -2.79. The summed E-state index contributed by atoms with van der Waals surface area (Å²) in [4.78, 5) is 23.9. The van der Waals surface area contributed by atoms with E-state index >= 15 is 0 Å². The number of aromatic nitrogens is 2. The zero-order valence-corrected chi connectivity index (χ0v) is 23.4. The highest BCUT2D eigenvalue weighted by atomic mass is 79.9. The number of amides is 1. The number of carbonyl (C=O) groups is 1. The van der Waals surface area contributed by atoms with Crippen molar-refractivity contribution in [2.75, 3.05) is 24.3 Å². The van der Waals surface area contributed by atoms with Crippen LogP contribution in [-0.4, -0.2) is 48.4 Å². The molecule has 7 nitrogen and oxygen atoms in total. The van der Waals surface area contributed by atoms with Crippen LogP contribution in [0.25, 0.3) is 10.9 Å². The Labute approximate surface area is 234 Å². The smallest absolute Gasteiger partial charge is 0.405 e. The summed E-state index contributed by atoms with van der Waals surface area (Å²) in [5.41, 5.74) is 1.20. The normalized spacial score (nSPS) is 17.4. The van der Waals surface area contributed by atoms with E-state index in [4.69, 9.17) is 4.98 Å². The van der Waals surface area contributed by atoms with Crippen molar-refractivity contribution in [3.05, 3.63) is 52.5 Å². The highest BCUT2D eigenvalue weighted by molar-refractivity contribution is 9.10. The zero-order valence-electron chi connectivity index (χ0n) is 21.0. The molecule has 38 heavy (non-hydrogen) atoms. The van der Waals surface area contributed by atoms with Crippen molar-refractivity contribution in [1.29, 1.82) is 0 Å². The van der Waals surface area contributed by atoms with E-state index in [1.165, 1.54) is 12.1 Å². The number of hydrogen-bond acceptors (Lipinski definition) is 6. The van der Waals surface area contributed by atoms with Crippen LogP contribution in [-0.2, 0) is 11.2 Å². The van der Waals surface area contributed by atoms with Gasteiger partial charge in [0.05, 0.1) is 5.52 Å². The summed E-state index contributed by atoms with van der Waals surface area (Å²) in [6.07, 6.45) is -1.31. The molecule has 0 saturated heterocycles. The Bertz CT molecular complexity index is 1250. The first kappa shape index (κ1) is 29.8. The third-order valence-electron chi connectivity index (χ3n) is 6.31. The molecule has 1 saturated carbocycles. The van der Waals surface area contributed by atoms with Gasteiger partial charge in [0, 0.05) is 42.5 Å². The fourth-order valence-corrected chi connectivity index (χ4v) is 4.87. The maximum Gasteiger partial charge on any atom is 0.573 e. The van der Waals surface area contributed by atoms with Gasteiger partial charge in [-0.15, -0.1) is 25.6 Å². The molecule has 0 aliphatic heterocycles. The summed E-state index contributed by atoms with van der Waals surface area (Å²) >= 11 is 3.15. The number of aryl methyl sites for hydroxylation is 1. The molecule has 1 heterocycles. The number of hydrogen-bond donors (Lipinski definition) is 2. The highest BCUT2D eigenvalue weighted by Crippen LogP contribution is 2.30. The summed E-state index contributed by atoms with van der Waals surface area (Å²) in [6, 6.07) is 12.5. The molecular weight excluding hydrogens is 587 g/mol. The molecule has 0 radical (unpaired) electrons. The third kappa shape index (κ3) is 8.10. The Morgan fingerprint density at radius 2 is 1.76 bits per heavy atom. The number of benzene rings is 2. The minimum atomic E-state index is -4.80. The molecule has 0 unspecified atom stereocenters. The SMILES string of the molecule is CN(C)c1nc(N[C@H]2CC[C@@H](NC(=O)CCc3ccc(Br)cc3OC(F)(F)F)CC2)nc2ccccc12.Cl. The van der Waals surface area contributed by atoms with Crippen molar-refractivity contribution in [1.82, 2.24) is 15.3 Å². The van der Waals surface area contributed by atoms with Gasteiger partial charge in [0.2, 0.25) is 11.9 Å². The molecule has 2 N–H and O–H groups in total. The molecule has 1 aromatic heterocycles. The molecule has 4 rings (SSSR count). The minimum absolute atomic E-state index is 0. The second kappa shape index (κ2) is 12.8. The van der Waals surface area contributed by atoms with E-state index in [1.807, 2.05) is 43.3 Å². The molecule has 1 amide bonds. The number of alkyl halides is 3. The molecule has 1 aliphatic rings. The lowest BCUT2D eigenvalue weighted by molar-refractivity contribution is -0.274. The number of para-hydroxylation sites is 1. The van der Waals surface area contributed by atoms with Gasteiger partial charge in [0.15, 0.2) is 0 Å². The van der Waals surface area contributed by atoms with E-state index in [0.29, 0.717) is 16.0 Å². The Morgan fingerprint density at radius 3 is 2.45 bits per heavy atom. The van der Waals surface area contributed by atoms with Gasteiger partial charge in [-0.05, 0) is 61.9 Å². The lowest BCUT2D eigenvalue weighted by Crippen LogP contribution is -2.40. The van der Waals surface area contributed by atoms with Crippen molar-refractivity contribution in [2.45, 2.75) is 57.0 Å². The Kier molecular flexibility index (Phi) is 10.1. The number of carbonyl (C=O) groups excluding carboxylic acids is 1. The Morgan fingerprint density at radius 1 is 1.08 bits per heavy atom. The van der Waals surface area contributed by atoms with Gasteiger partial charge >= 0.3 is 6.36 Å². The number of anilines is 2. The van der Waals surface area contributed by atoms with Gasteiger partial charge in [-0.1, -0.05) is 34.1 Å². The number of halogens is 5. The first-order chi connectivity index (χ1) is 17.6. The molecule has 206 valence electrons.